The standard InChI is InChI=1S/C26H27FN2O3/c1-4-13(2)8-18-17(23(31)12-30)9-22-25-19(11-29(22)26(18)32)16-7-5-6-15-14(3)20(27)10-21(28-25)24(15)16/h9-10,12-13,23,31H,4-8,11H2,1-3H3. The number of rotatable bonds is 5. The van der Waals surface area contributed by atoms with Crippen molar-refractivity contribution in [3.63, 3.8) is 0 Å². The van der Waals surface area contributed by atoms with E-state index in [0.717, 1.165) is 47.8 Å². The number of fused-ring (bicyclic) bond motifs is 4. The first-order valence-corrected chi connectivity index (χ1v) is 11.4. The topological polar surface area (TPSA) is 72.2 Å². The number of benzene rings is 1. The quantitative estimate of drug-likeness (QED) is 0.478. The van der Waals surface area contributed by atoms with E-state index in [9.17, 15) is 19.1 Å². The maximum Gasteiger partial charge on any atom is 0.254 e. The fourth-order valence-corrected chi connectivity index (χ4v) is 5.36. The summed E-state index contributed by atoms with van der Waals surface area (Å²) in [4.78, 5) is 29.8. The molecule has 5 nitrogen and oxygen atoms in total. The summed E-state index contributed by atoms with van der Waals surface area (Å²) in [5.74, 6) is -0.0118. The Morgan fingerprint density at radius 1 is 1.25 bits per heavy atom. The van der Waals surface area contributed by atoms with Crippen LogP contribution in [0.5, 0.6) is 0 Å². The lowest BCUT2D eigenvalue weighted by molar-refractivity contribution is -0.115. The van der Waals surface area contributed by atoms with Gasteiger partial charge in [0, 0.05) is 22.6 Å². The van der Waals surface area contributed by atoms with Crippen molar-refractivity contribution in [1.29, 1.82) is 0 Å². The van der Waals surface area contributed by atoms with Crippen LogP contribution >= 0.6 is 0 Å². The number of aliphatic hydroxyl groups excluding tert-OH is 1. The first-order chi connectivity index (χ1) is 15.3. The number of hydrogen-bond acceptors (Lipinski definition) is 4. The van der Waals surface area contributed by atoms with Crippen LogP contribution in [0.15, 0.2) is 16.9 Å². The van der Waals surface area contributed by atoms with Crippen LogP contribution in [-0.2, 0) is 30.6 Å². The number of aliphatic hydroxyl groups is 1. The van der Waals surface area contributed by atoms with E-state index in [1.807, 2.05) is 6.92 Å². The molecule has 1 aromatic carbocycles. The molecule has 1 N–H and O–H groups in total. The van der Waals surface area contributed by atoms with Crippen molar-refractivity contribution in [2.75, 3.05) is 0 Å². The zero-order chi connectivity index (χ0) is 22.7. The Morgan fingerprint density at radius 2 is 2.00 bits per heavy atom. The van der Waals surface area contributed by atoms with Gasteiger partial charge in [-0.15, -0.1) is 0 Å². The lowest BCUT2D eigenvalue weighted by Gasteiger charge is -2.21. The van der Waals surface area contributed by atoms with Gasteiger partial charge in [0.2, 0.25) is 0 Å². The number of hydrogen-bond donors (Lipinski definition) is 1. The van der Waals surface area contributed by atoms with E-state index in [-0.39, 0.29) is 17.3 Å². The summed E-state index contributed by atoms with van der Waals surface area (Å²) >= 11 is 0. The first-order valence-electron chi connectivity index (χ1n) is 11.4. The van der Waals surface area contributed by atoms with E-state index in [1.165, 1.54) is 6.07 Å². The number of carbonyl (C=O) groups is 1. The normalized spacial score (nSPS) is 16.0. The van der Waals surface area contributed by atoms with E-state index in [4.69, 9.17) is 4.98 Å². The summed E-state index contributed by atoms with van der Waals surface area (Å²) in [5.41, 5.74) is 6.41. The molecule has 32 heavy (non-hydrogen) atoms. The number of aryl methyl sites for hydroxylation is 2. The molecule has 3 heterocycles. The second-order valence-electron chi connectivity index (χ2n) is 9.28. The second kappa shape index (κ2) is 7.62. The lowest BCUT2D eigenvalue weighted by atomic mass is 9.85. The van der Waals surface area contributed by atoms with Gasteiger partial charge in [0.15, 0.2) is 6.29 Å². The highest BCUT2D eigenvalue weighted by Crippen LogP contribution is 2.41. The molecule has 1 aliphatic carbocycles. The van der Waals surface area contributed by atoms with Crippen LogP contribution in [0.4, 0.5) is 4.39 Å². The Morgan fingerprint density at radius 3 is 2.72 bits per heavy atom. The average molecular weight is 435 g/mol. The Balaban J connectivity index is 1.79. The zero-order valence-electron chi connectivity index (χ0n) is 18.7. The number of halogens is 1. The first kappa shape index (κ1) is 21.0. The second-order valence-corrected chi connectivity index (χ2v) is 9.28. The summed E-state index contributed by atoms with van der Waals surface area (Å²) in [7, 11) is 0. The van der Waals surface area contributed by atoms with Crippen molar-refractivity contribution in [3.8, 4) is 11.4 Å². The molecule has 0 amide bonds. The Labute approximate surface area is 185 Å². The molecule has 0 bridgehead atoms. The molecule has 0 spiro atoms. The van der Waals surface area contributed by atoms with Crippen molar-refractivity contribution in [1.82, 2.24) is 9.55 Å². The maximum atomic E-state index is 14.6. The van der Waals surface area contributed by atoms with Gasteiger partial charge in [-0.1, -0.05) is 20.3 Å². The number of carbonyl (C=O) groups excluding carboxylic acids is 1. The van der Waals surface area contributed by atoms with Crippen LogP contribution in [0, 0.1) is 18.7 Å². The molecule has 1 aliphatic heterocycles. The van der Waals surface area contributed by atoms with Crippen LogP contribution in [0.2, 0.25) is 0 Å². The maximum absolute atomic E-state index is 14.6. The van der Waals surface area contributed by atoms with Crippen LogP contribution in [0.25, 0.3) is 22.3 Å². The molecule has 2 atom stereocenters. The smallest absolute Gasteiger partial charge is 0.254 e. The molecule has 2 aliphatic rings. The van der Waals surface area contributed by atoms with E-state index >= 15 is 0 Å². The van der Waals surface area contributed by atoms with Crippen LogP contribution in [0.1, 0.15) is 66.2 Å². The highest BCUT2D eigenvalue weighted by Gasteiger charge is 2.31. The van der Waals surface area contributed by atoms with Crippen molar-refractivity contribution in [2.45, 2.75) is 65.5 Å². The summed E-state index contributed by atoms with van der Waals surface area (Å²) in [6, 6.07) is 3.23. The van der Waals surface area contributed by atoms with Crippen molar-refractivity contribution >= 4 is 17.2 Å². The molecule has 2 aromatic heterocycles. The van der Waals surface area contributed by atoms with Gasteiger partial charge < -0.3 is 14.5 Å². The van der Waals surface area contributed by atoms with Crippen molar-refractivity contribution in [3.05, 3.63) is 61.7 Å². The minimum atomic E-state index is -1.36. The SMILES string of the molecule is CCC(C)Cc1c(C(O)C=O)cc2n(c1=O)Cc1c-2nc2cc(F)c(C)c3c2c1CCC3. The van der Waals surface area contributed by atoms with Crippen LogP contribution in [0.3, 0.4) is 0 Å². The number of aromatic nitrogens is 2. The van der Waals surface area contributed by atoms with Gasteiger partial charge in [-0.05, 0) is 66.8 Å². The highest BCUT2D eigenvalue weighted by atomic mass is 19.1. The minimum absolute atomic E-state index is 0.175. The van der Waals surface area contributed by atoms with E-state index in [0.29, 0.717) is 52.8 Å². The molecule has 3 aromatic rings. The van der Waals surface area contributed by atoms with Gasteiger partial charge in [-0.3, -0.25) is 4.79 Å². The van der Waals surface area contributed by atoms with Gasteiger partial charge in [-0.25, -0.2) is 9.37 Å². The van der Waals surface area contributed by atoms with Crippen molar-refractivity contribution in [2.24, 2.45) is 5.92 Å². The van der Waals surface area contributed by atoms with Gasteiger partial charge in [-0.2, -0.15) is 0 Å². The summed E-state index contributed by atoms with van der Waals surface area (Å²) < 4.78 is 16.3. The molecule has 0 radical (unpaired) electrons. The molecular formula is C26H27FN2O3. The molecule has 6 heteroatoms. The average Bonchev–Trinajstić information content (AvgIpc) is 3.17. The number of aldehydes is 1. The zero-order valence-corrected chi connectivity index (χ0v) is 18.7. The fourth-order valence-electron chi connectivity index (χ4n) is 5.36. The molecule has 0 fully saturated rings. The predicted molar refractivity (Wildman–Crippen MR) is 121 cm³/mol. The van der Waals surface area contributed by atoms with Crippen LogP contribution in [-0.4, -0.2) is 20.9 Å². The third-order valence-electron chi connectivity index (χ3n) is 7.36. The Hall–Kier alpha value is -2.86. The molecular weight excluding hydrogens is 407 g/mol. The predicted octanol–water partition coefficient (Wildman–Crippen LogP) is 4.18. The molecule has 2 unspecified atom stereocenters. The Kier molecular flexibility index (Phi) is 5.01. The molecule has 0 saturated heterocycles. The van der Waals surface area contributed by atoms with Gasteiger partial charge in [0.25, 0.3) is 5.56 Å². The molecule has 5 rings (SSSR count). The number of pyridine rings is 2. The number of nitrogens with zero attached hydrogens (tertiary/aromatic N) is 2. The van der Waals surface area contributed by atoms with Gasteiger partial charge >= 0.3 is 0 Å². The van der Waals surface area contributed by atoms with Crippen LogP contribution < -0.4 is 5.56 Å². The van der Waals surface area contributed by atoms with Crippen molar-refractivity contribution < 1.29 is 14.3 Å². The van der Waals surface area contributed by atoms with Gasteiger partial charge in [0.1, 0.15) is 11.9 Å². The van der Waals surface area contributed by atoms with Gasteiger partial charge in [0.05, 0.1) is 23.4 Å². The highest BCUT2D eigenvalue weighted by molar-refractivity contribution is 5.92. The third kappa shape index (κ3) is 2.96. The monoisotopic (exact) mass is 434 g/mol. The van der Waals surface area contributed by atoms with E-state index in [1.54, 1.807) is 10.6 Å². The fraction of sp³-hybridized carbons (Fsp3) is 0.423. The minimum Gasteiger partial charge on any atom is -0.381 e. The summed E-state index contributed by atoms with van der Waals surface area (Å²) in [6.07, 6.45) is 3.13. The third-order valence-corrected chi connectivity index (χ3v) is 7.36. The lowest BCUT2D eigenvalue weighted by Crippen LogP contribution is -2.27. The Bertz CT molecular complexity index is 1340. The molecule has 0 saturated carbocycles. The van der Waals surface area contributed by atoms with E-state index < -0.39 is 6.10 Å². The summed E-state index contributed by atoms with van der Waals surface area (Å²) in [6.45, 7) is 6.35. The largest absolute Gasteiger partial charge is 0.381 e. The molecule has 166 valence electrons. The van der Waals surface area contributed by atoms with E-state index in [2.05, 4.69) is 13.8 Å². The summed E-state index contributed by atoms with van der Waals surface area (Å²) in [5, 5.41) is 11.4.